The molecular formula is C7H7NO4S. The molecule has 0 atom stereocenters. The summed E-state index contributed by atoms with van der Waals surface area (Å²) >= 11 is 0. The third-order valence-electron chi connectivity index (χ3n) is 1.43. The van der Waals surface area contributed by atoms with E-state index in [4.69, 9.17) is 10.2 Å². The normalized spacial score (nSPS) is 11.2. The van der Waals surface area contributed by atoms with Crippen LogP contribution in [0, 0.1) is 0 Å². The first kappa shape index (κ1) is 9.69. The van der Waals surface area contributed by atoms with Gasteiger partial charge in [-0.15, -0.1) is 0 Å². The molecule has 5 nitrogen and oxygen atoms in total. The highest BCUT2D eigenvalue weighted by molar-refractivity contribution is 7.89. The molecule has 0 heterocycles. The van der Waals surface area contributed by atoms with Crippen LogP contribution in [0.3, 0.4) is 0 Å². The van der Waals surface area contributed by atoms with Crippen LogP contribution in [0.4, 0.5) is 0 Å². The summed E-state index contributed by atoms with van der Waals surface area (Å²) in [5.74, 6) is -0.186. The van der Waals surface area contributed by atoms with Crippen LogP contribution in [0.1, 0.15) is 10.4 Å². The zero-order valence-corrected chi connectivity index (χ0v) is 7.28. The number of phenols is 1. The van der Waals surface area contributed by atoms with E-state index in [1.54, 1.807) is 0 Å². The summed E-state index contributed by atoms with van der Waals surface area (Å²) in [5, 5.41) is 13.8. The van der Waals surface area contributed by atoms with E-state index in [0.717, 1.165) is 18.2 Å². The predicted molar refractivity (Wildman–Crippen MR) is 44.9 cm³/mol. The first-order chi connectivity index (χ1) is 5.95. The Morgan fingerprint density at radius 1 is 1.38 bits per heavy atom. The van der Waals surface area contributed by atoms with Crippen LogP contribution in [0.5, 0.6) is 5.75 Å². The molecule has 70 valence electrons. The van der Waals surface area contributed by atoms with Crippen LogP contribution in [0.25, 0.3) is 0 Å². The third-order valence-corrected chi connectivity index (χ3v) is 2.41. The SMILES string of the molecule is NS(=O)(=O)c1ccc(O)cc1C=O. The first-order valence-corrected chi connectivity index (χ1v) is 4.81. The third kappa shape index (κ3) is 2.04. The van der Waals surface area contributed by atoms with E-state index in [1.807, 2.05) is 0 Å². The molecule has 0 unspecified atom stereocenters. The molecule has 3 N–H and O–H groups in total. The lowest BCUT2D eigenvalue weighted by Gasteiger charge is -2.01. The molecule has 0 aliphatic carbocycles. The molecule has 0 bridgehead atoms. The summed E-state index contributed by atoms with van der Waals surface area (Å²) in [6.45, 7) is 0. The van der Waals surface area contributed by atoms with Crippen LogP contribution in [0.15, 0.2) is 23.1 Å². The molecule has 13 heavy (non-hydrogen) atoms. The molecule has 6 heteroatoms. The van der Waals surface area contributed by atoms with Crippen molar-refractivity contribution in [3.05, 3.63) is 23.8 Å². The van der Waals surface area contributed by atoms with Gasteiger partial charge in [0.1, 0.15) is 5.75 Å². The van der Waals surface area contributed by atoms with Crippen molar-refractivity contribution in [1.29, 1.82) is 0 Å². The fraction of sp³-hybridized carbons (Fsp3) is 0. The van der Waals surface area contributed by atoms with Gasteiger partial charge in [-0.3, -0.25) is 4.79 Å². The number of nitrogens with two attached hydrogens (primary N) is 1. The molecule has 0 aliphatic heterocycles. The summed E-state index contributed by atoms with van der Waals surface area (Å²) in [7, 11) is -3.90. The average molecular weight is 201 g/mol. The number of benzene rings is 1. The number of carbonyl (C=O) groups excluding carboxylic acids is 1. The Bertz CT molecular complexity index is 438. The van der Waals surface area contributed by atoms with Gasteiger partial charge < -0.3 is 5.11 Å². The predicted octanol–water partition coefficient (Wildman–Crippen LogP) is -0.148. The highest BCUT2D eigenvalue weighted by Crippen LogP contribution is 2.17. The lowest BCUT2D eigenvalue weighted by atomic mass is 10.2. The van der Waals surface area contributed by atoms with Gasteiger partial charge >= 0.3 is 0 Å². The Labute approximate surface area is 74.9 Å². The highest BCUT2D eigenvalue weighted by Gasteiger charge is 2.13. The fourth-order valence-corrected chi connectivity index (χ4v) is 1.58. The zero-order valence-electron chi connectivity index (χ0n) is 6.47. The summed E-state index contributed by atoms with van der Waals surface area (Å²) in [6.07, 6.45) is 0.319. The quantitative estimate of drug-likeness (QED) is 0.650. The van der Waals surface area contributed by atoms with Gasteiger partial charge in [0.25, 0.3) is 0 Å². The average Bonchev–Trinajstić information content (AvgIpc) is 2.01. The monoisotopic (exact) mass is 201 g/mol. The Morgan fingerprint density at radius 3 is 2.46 bits per heavy atom. The topological polar surface area (TPSA) is 97.5 Å². The Balaban J connectivity index is 3.47. The molecule has 1 rings (SSSR count). The van der Waals surface area contributed by atoms with Crippen molar-refractivity contribution >= 4 is 16.3 Å². The Hall–Kier alpha value is -1.40. The van der Waals surface area contributed by atoms with Crippen LogP contribution in [-0.2, 0) is 10.0 Å². The van der Waals surface area contributed by atoms with Crippen LogP contribution < -0.4 is 5.14 Å². The minimum Gasteiger partial charge on any atom is -0.508 e. The maximum absolute atomic E-state index is 10.9. The number of aromatic hydroxyl groups is 1. The minimum absolute atomic E-state index is 0.150. The van der Waals surface area contributed by atoms with Crippen molar-refractivity contribution < 1.29 is 18.3 Å². The summed E-state index contributed by atoms with van der Waals surface area (Å²) in [6, 6.07) is 3.26. The molecule has 0 spiro atoms. The van der Waals surface area contributed by atoms with Crippen molar-refractivity contribution in [3.8, 4) is 5.75 Å². The molecule has 0 amide bonds. The van der Waals surface area contributed by atoms with Crippen molar-refractivity contribution in [2.24, 2.45) is 5.14 Å². The molecule has 1 aromatic rings. The Kier molecular flexibility index (Phi) is 2.35. The second-order valence-electron chi connectivity index (χ2n) is 2.38. The molecule has 0 fully saturated rings. The second-order valence-corrected chi connectivity index (χ2v) is 3.91. The maximum atomic E-state index is 10.9. The van der Waals surface area contributed by atoms with E-state index in [1.165, 1.54) is 0 Å². The zero-order chi connectivity index (χ0) is 10.1. The minimum atomic E-state index is -3.90. The van der Waals surface area contributed by atoms with E-state index in [-0.39, 0.29) is 16.2 Å². The van der Waals surface area contributed by atoms with Crippen LogP contribution >= 0.6 is 0 Å². The number of hydrogen-bond donors (Lipinski definition) is 2. The molecule has 1 aromatic carbocycles. The number of phenolic OH excluding ortho intramolecular Hbond substituents is 1. The molecule has 0 aromatic heterocycles. The molecule has 0 saturated heterocycles. The highest BCUT2D eigenvalue weighted by atomic mass is 32.2. The van der Waals surface area contributed by atoms with E-state index in [2.05, 4.69) is 0 Å². The number of hydrogen-bond acceptors (Lipinski definition) is 4. The van der Waals surface area contributed by atoms with Crippen LogP contribution in [-0.4, -0.2) is 19.8 Å². The lowest BCUT2D eigenvalue weighted by Crippen LogP contribution is -2.14. The van der Waals surface area contributed by atoms with Gasteiger partial charge in [0.2, 0.25) is 10.0 Å². The molecule has 0 radical (unpaired) electrons. The van der Waals surface area contributed by atoms with Gasteiger partial charge in [0.15, 0.2) is 6.29 Å². The summed E-state index contributed by atoms with van der Waals surface area (Å²) in [4.78, 5) is 10.1. The molecule has 0 saturated carbocycles. The summed E-state index contributed by atoms with van der Waals surface area (Å²) < 4.78 is 21.7. The van der Waals surface area contributed by atoms with Gasteiger partial charge in [-0.1, -0.05) is 0 Å². The molecular weight excluding hydrogens is 194 g/mol. The largest absolute Gasteiger partial charge is 0.508 e. The summed E-state index contributed by atoms with van der Waals surface area (Å²) in [5.41, 5.74) is -0.150. The Morgan fingerprint density at radius 2 is 2.00 bits per heavy atom. The van der Waals surface area contributed by atoms with Crippen molar-refractivity contribution in [1.82, 2.24) is 0 Å². The smallest absolute Gasteiger partial charge is 0.238 e. The van der Waals surface area contributed by atoms with Crippen molar-refractivity contribution in [2.75, 3.05) is 0 Å². The van der Waals surface area contributed by atoms with Gasteiger partial charge in [-0.05, 0) is 18.2 Å². The van der Waals surface area contributed by atoms with E-state index in [0.29, 0.717) is 6.29 Å². The van der Waals surface area contributed by atoms with Crippen molar-refractivity contribution in [2.45, 2.75) is 4.90 Å². The number of primary sulfonamides is 1. The van der Waals surface area contributed by atoms with E-state index < -0.39 is 10.0 Å². The van der Waals surface area contributed by atoms with Gasteiger partial charge in [0, 0.05) is 5.56 Å². The number of sulfonamides is 1. The maximum Gasteiger partial charge on any atom is 0.238 e. The van der Waals surface area contributed by atoms with Gasteiger partial charge in [-0.2, -0.15) is 0 Å². The number of rotatable bonds is 2. The fourth-order valence-electron chi connectivity index (χ4n) is 0.887. The van der Waals surface area contributed by atoms with E-state index in [9.17, 15) is 13.2 Å². The lowest BCUT2D eigenvalue weighted by molar-refractivity contribution is 0.112. The molecule has 0 aliphatic rings. The van der Waals surface area contributed by atoms with Gasteiger partial charge in [-0.25, -0.2) is 13.6 Å². The first-order valence-electron chi connectivity index (χ1n) is 3.26. The van der Waals surface area contributed by atoms with Gasteiger partial charge in [0.05, 0.1) is 4.90 Å². The van der Waals surface area contributed by atoms with Crippen molar-refractivity contribution in [3.63, 3.8) is 0 Å². The standard InChI is InChI=1S/C7H7NO4S/c8-13(11,12)7-2-1-6(10)3-5(7)4-9/h1-4,10H,(H2,8,11,12). The number of aldehydes is 1. The number of carbonyl (C=O) groups is 1. The van der Waals surface area contributed by atoms with Crippen LogP contribution in [0.2, 0.25) is 0 Å². The van der Waals surface area contributed by atoms with E-state index >= 15 is 0 Å². The second kappa shape index (κ2) is 3.15.